The van der Waals surface area contributed by atoms with Crippen LogP contribution in [0.2, 0.25) is 0 Å². The van der Waals surface area contributed by atoms with Crippen LogP contribution in [0.25, 0.3) is 11.4 Å². The van der Waals surface area contributed by atoms with Gasteiger partial charge in [0.1, 0.15) is 5.75 Å². The van der Waals surface area contributed by atoms with Crippen LogP contribution in [-0.2, 0) is 10.5 Å². The molecule has 28 heavy (non-hydrogen) atoms. The first-order valence-corrected chi connectivity index (χ1v) is 11.0. The van der Waals surface area contributed by atoms with Crippen molar-refractivity contribution in [1.29, 1.82) is 0 Å². The van der Waals surface area contributed by atoms with Crippen LogP contribution in [0.4, 0.5) is 0 Å². The maximum atomic E-state index is 12.0. The van der Waals surface area contributed by atoms with Crippen LogP contribution < -0.4 is 10.1 Å². The third-order valence-electron chi connectivity index (χ3n) is 4.51. The van der Waals surface area contributed by atoms with Crippen molar-refractivity contribution in [3.63, 3.8) is 0 Å². The first-order valence-electron chi connectivity index (χ1n) is 9.83. The molecule has 0 bridgehead atoms. The van der Waals surface area contributed by atoms with E-state index in [-0.39, 0.29) is 5.91 Å². The van der Waals surface area contributed by atoms with E-state index in [4.69, 9.17) is 9.26 Å². The van der Waals surface area contributed by atoms with Gasteiger partial charge in [-0.25, -0.2) is 0 Å². The van der Waals surface area contributed by atoms with E-state index >= 15 is 0 Å². The summed E-state index contributed by atoms with van der Waals surface area (Å²) < 4.78 is 10.9. The zero-order valence-electron chi connectivity index (χ0n) is 16.3. The van der Waals surface area contributed by atoms with Gasteiger partial charge in [0, 0.05) is 6.54 Å². The lowest BCUT2D eigenvalue weighted by molar-refractivity contribution is -0.118. The number of carbonyl (C=O) groups excluding carboxylic acids is 1. The van der Waals surface area contributed by atoms with E-state index in [0.717, 1.165) is 17.7 Å². The largest absolute Gasteiger partial charge is 0.493 e. The fraction of sp³-hybridized carbons (Fsp3) is 0.476. The van der Waals surface area contributed by atoms with Gasteiger partial charge < -0.3 is 14.6 Å². The van der Waals surface area contributed by atoms with Gasteiger partial charge in [-0.1, -0.05) is 28.9 Å². The van der Waals surface area contributed by atoms with Crippen molar-refractivity contribution in [2.24, 2.45) is 0 Å². The summed E-state index contributed by atoms with van der Waals surface area (Å²) in [6.45, 7) is 3.22. The average molecular weight is 402 g/mol. The molecular weight excluding hydrogens is 374 g/mol. The molecule has 2 aromatic rings. The fourth-order valence-corrected chi connectivity index (χ4v) is 3.81. The molecule has 0 fully saturated rings. The first-order chi connectivity index (χ1) is 13.8. The van der Waals surface area contributed by atoms with Crippen molar-refractivity contribution in [3.05, 3.63) is 41.8 Å². The lowest BCUT2D eigenvalue weighted by Crippen LogP contribution is -2.26. The molecule has 0 radical (unpaired) electrons. The molecule has 1 amide bonds. The van der Waals surface area contributed by atoms with Gasteiger partial charge in [0.2, 0.25) is 17.6 Å². The summed E-state index contributed by atoms with van der Waals surface area (Å²) in [6.07, 6.45) is 8.21. The molecular formula is C21H27N3O3S. The van der Waals surface area contributed by atoms with Crippen LogP contribution >= 0.6 is 11.8 Å². The Morgan fingerprint density at radius 3 is 3.04 bits per heavy atom. The smallest absolute Gasteiger partial charge is 0.236 e. The molecule has 0 saturated heterocycles. The highest BCUT2D eigenvalue weighted by Gasteiger charge is 2.13. The topological polar surface area (TPSA) is 77.2 Å². The minimum absolute atomic E-state index is 0.0443. The van der Waals surface area contributed by atoms with Crippen molar-refractivity contribution in [1.82, 2.24) is 15.5 Å². The minimum atomic E-state index is 0.0443. The Morgan fingerprint density at radius 2 is 2.21 bits per heavy atom. The molecule has 1 aromatic carbocycles. The van der Waals surface area contributed by atoms with Crippen LogP contribution in [0.1, 0.15) is 44.9 Å². The lowest BCUT2D eigenvalue weighted by atomic mass is 9.97. The van der Waals surface area contributed by atoms with Gasteiger partial charge in [-0.05, 0) is 51.2 Å². The van der Waals surface area contributed by atoms with Crippen LogP contribution in [-0.4, -0.2) is 35.0 Å². The second-order valence-corrected chi connectivity index (χ2v) is 7.63. The fourth-order valence-electron chi connectivity index (χ4n) is 3.13. The maximum absolute atomic E-state index is 12.0. The summed E-state index contributed by atoms with van der Waals surface area (Å²) >= 11 is 1.47. The van der Waals surface area contributed by atoms with Crippen molar-refractivity contribution in [2.75, 3.05) is 18.9 Å². The Hall–Kier alpha value is -2.28. The molecule has 0 atom stereocenters. The van der Waals surface area contributed by atoms with Gasteiger partial charge >= 0.3 is 0 Å². The molecule has 0 saturated carbocycles. The number of nitrogens with zero attached hydrogens (tertiary/aromatic N) is 2. The van der Waals surface area contributed by atoms with E-state index in [2.05, 4.69) is 21.5 Å². The summed E-state index contributed by atoms with van der Waals surface area (Å²) in [5.74, 6) is 2.67. The Morgan fingerprint density at radius 1 is 1.32 bits per heavy atom. The third kappa shape index (κ3) is 6.12. The zero-order valence-corrected chi connectivity index (χ0v) is 17.1. The molecule has 1 aliphatic carbocycles. The molecule has 1 N–H and O–H groups in total. The van der Waals surface area contributed by atoms with Gasteiger partial charge in [0.05, 0.1) is 23.7 Å². The number of para-hydroxylation sites is 1. The Kier molecular flexibility index (Phi) is 7.96. The quantitative estimate of drug-likeness (QED) is 0.596. The summed E-state index contributed by atoms with van der Waals surface area (Å²) in [6, 6.07) is 7.62. The zero-order chi connectivity index (χ0) is 19.6. The lowest BCUT2D eigenvalue weighted by Gasteiger charge is -2.12. The second-order valence-electron chi connectivity index (χ2n) is 6.64. The van der Waals surface area contributed by atoms with Crippen LogP contribution in [0.5, 0.6) is 5.75 Å². The van der Waals surface area contributed by atoms with Crippen molar-refractivity contribution < 1.29 is 14.1 Å². The molecule has 6 nitrogen and oxygen atoms in total. The van der Waals surface area contributed by atoms with E-state index in [1.807, 2.05) is 31.2 Å². The number of rotatable bonds is 10. The van der Waals surface area contributed by atoms with Crippen molar-refractivity contribution in [3.8, 4) is 17.1 Å². The van der Waals surface area contributed by atoms with E-state index < -0.39 is 0 Å². The highest BCUT2D eigenvalue weighted by molar-refractivity contribution is 7.99. The third-order valence-corrected chi connectivity index (χ3v) is 5.43. The summed E-state index contributed by atoms with van der Waals surface area (Å²) in [5, 5.41) is 7.03. The summed E-state index contributed by atoms with van der Waals surface area (Å²) in [5.41, 5.74) is 2.28. The highest BCUT2D eigenvalue weighted by Crippen LogP contribution is 2.28. The maximum Gasteiger partial charge on any atom is 0.236 e. The number of allylic oxidation sites excluding steroid dienone is 1. The predicted octanol–water partition coefficient (Wildman–Crippen LogP) is 4.38. The number of hydrogen-bond acceptors (Lipinski definition) is 6. The second kappa shape index (κ2) is 10.9. The van der Waals surface area contributed by atoms with Crippen LogP contribution in [0, 0.1) is 0 Å². The number of carbonyl (C=O) groups is 1. The van der Waals surface area contributed by atoms with Gasteiger partial charge in [-0.3, -0.25) is 4.79 Å². The van der Waals surface area contributed by atoms with E-state index in [1.165, 1.54) is 43.0 Å². The molecule has 1 aliphatic rings. The molecule has 150 valence electrons. The highest BCUT2D eigenvalue weighted by atomic mass is 32.2. The number of ether oxygens (including phenoxy) is 1. The molecule has 1 heterocycles. The molecule has 3 rings (SSSR count). The van der Waals surface area contributed by atoms with Crippen molar-refractivity contribution >= 4 is 17.7 Å². The predicted molar refractivity (Wildman–Crippen MR) is 111 cm³/mol. The molecule has 0 spiro atoms. The molecule has 0 aliphatic heterocycles. The van der Waals surface area contributed by atoms with Crippen molar-refractivity contribution in [2.45, 2.75) is 44.8 Å². The number of hydrogen-bond donors (Lipinski definition) is 1. The van der Waals surface area contributed by atoms with Gasteiger partial charge in [0.15, 0.2) is 0 Å². The first kappa shape index (κ1) is 20.5. The number of amides is 1. The normalized spacial score (nSPS) is 13.8. The SMILES string of the molecule is CCOc1ccccc1-c1noc(CSCC(=O)NCCC2=CCCCC2)n1. The summed E-state index contributed by atoms with van der Waals surface area (Å²) in [7, 11) is 0. The molecule has 1 aromatic heterocycles. The Labute approximate surface area is 170 Å². The average Bonchev–Trinajstić information content (AvgIpc) is 3.18. The van der Waals surface area contributed by atoms with Crippen LogP contribution in [0.3, 0.4) is 0 Å². The number of aromatic nitrogens is 2. The summed E-state index contributed by atoms with van der Waals surface area (Å²) in [4.78, 5) is 16.4. The monoisotopic (exact) mass is 401 g/mol. The number of thioether (sulfide) groups is 1. The molecule has 7 heteroatoms. The Bertz CT molecular complexity index is 804. The van der Waals surface area contributed by atoms with Crippen LogP contribution in [0.15, 0.2) is 40.4 Å². The molecule has 0 unspecified atom stereocenters. The number of benzene rings is 1. The van der Waals surface area contributed by atoms with E-state index in [1.54, 1.807) is 0 Å². The standard InChI is InChI=1S/C21H27N3O3S/c1-2-26-18-11-7-6-10-17(18)21-23-20(27-24-21)15-28-14-19(25)22-13-12-16-8-4-3-5-9-16/h6-8,10-11H,2-5,9,12-15H2,1H3,(H,22,25). The number of nitrogens with one attached hydrogen (secondary N) is 1. The van der Waals surface area contributed by atoms with E-state index in [9.17, 15) is 4.79 Å². The Balaban J connectivity index is 1.41. The van der Waals surface area contributed by atoms with Gasteiger partial charge in [-0.2, -0.15) is 4.98 Å². The van der Waals surface area contributed by atoms with Gasteiger partial charge in [0.25, 0.3) is 0 Å². The minimum Gasteiger partial charge on any atom is -0.493 e. The van der Waals surface area contributed by atoms with E-state index in [0.29, 0.717) is 36.4 Å². The van der Waals surface area contributed by atoms with Gasteiger partial charge in [-0.15, -0.1) is 11.8 Å².